The molecule has 1 rings (SSSR count). The lowest BCUT2D eigenvalue weighted by Crippen LogP contribution is -2.10. The van der Waals surface area contributed by atoms with E-state index < -0.39 is 0 Å². The molecule has 0 unspecified atom stereocenters. The molecular formula is C6H8N2S3. The summed E-state index contributed by atoms with van der Waals surface area (Å²) in [4.78, 5) is 5.16. The van der Waals surface area contributed by atoms with E-state index in [-0.39, 0.29) is 0 Å². The van der Waals surface area contributed by atoms with Crippen LogP contribution >= 0.6 is 35.3 Å². The van der Waals surface area contributed by atoms with E-state index in [2.05, 4.69) is 4.99 Å². The van der Waals surface area contributed by atoms with Crippen molar-refractivity contribution in [2.75, 3.05) is 6.26 Å². The lowest BCUT2D eigenvalue weighted by molar-refractivity contribution is 0.879. The van der Waals surface area contributed by atoms with E-state index in [1.165, 1.54) is 11.8 Å². The number of nitrogens with zero attached hydrogens (tertiary/aromatic N) is 2. The Morgan fingerprint density at radius 2 is 2.55 bits per heavy atom. The van der Waals surface area contributed by atoms with Crippen molar-refractivity contribution in [1.29, 1.82) is 0 Å². The third kappa shape index (κ3) is 2.43. The zero-order chi connectivity index (χ0) is 8.27. The first kappa shape index (κ1) is 8.96. The van der Waals surface area contributed by atoms with E-state index in [1.807, 2.05) is 29.4 Å². The van der Waals surface area contributed by atoms with Gasteiger partial charge in [-0.05, 0) is 6.26 Å². The van der Waals surface area contributed by atoms with Crippen molar-refractivity contribution in [3.05, 3.63) is 16.4 Å². The average Bonchev–Trinajstić information content (AvgIpc) is 2.37. The molecule has 0 bridgehead atoms. The number of thioether (sulfide) groups is 1. The second kappa shape index (κ2) is 4.04. The molecule has 0 aromatic carbocycles. The monoisotopic (exact) mass is 204 g/mol. The van der Waals surface area contributed by atoms with E-state index >= 15 is 0 Å². The summed E-state index contributed by atoms with van der Waals surface area (Å²) < 4.78 is 2.63. The molecule has 1 aromatic heterocycles. The van der Waals surface area contributed by atoms with E-state index in [4.69, 9.17) is 12.2 Å². The van der Waals surface area contributed by atoms with Gasteiger partial charge in [0.2, 0.25) is 0 Å². The lowest BCUT2D eigenvalue weighted by atomic mass is 10.9. The summed E-state index contributed by atoms with van der Waals surface area (Å²) >= 11 is 8.03. The number of rotatable bonds is 0. The molecule has 0 aliphatic carbocycles. The molecule has 0 saturated carbocycles. The number of thiazole rings is 1. The number of aryl methyl sites for hydroxylation is 1. The van der Waals surface area contributed by atoms with E-state index in [0.29, 0.717) is 4.32 Å². The number of hydrogen-bond acceptors (Lipinski definition) is 3. The first-order valence-electron chi connectivity index (χ1n) is 2.97. The lowest BCUT2D eigenvalue weighted by Gasteiger charge is -1.89. The number of thiocarbonyl (C=S) groups is 1. The molecule has 0 radical (unpaired) electrons. The maximum atomic E-state index is 4.95. The number of hydrogen-bond donors (Lipinski definition) is 0. The summed E-state index contributed by atoms with van der Waals surface area (Å²) in [5.74, 6) is 0. The van der Waals surface area contributed by atoms with Crippen LogP contribution in [0.15, 0.2) is 16.6 Å². The number of aromatic nitrogens is 1. The zero-order valence-electron chi connectivity index (χ0n) is 6.27. The third-order valence-corrected chi connectivity index (χ3v) is 3.00. The molecule has 0 fully saturated rings. The summed E-state index contributed by atoms with van der Waals surface area (Å²) in [6.45, 7) is 0. The Balaban J connectivity index is 3.00. The minimum absolute atomic E-state index is 0.683. The standard InChI is InChI=1S/C6H8N2S3/c1-8-3-4-11-5(8)7-6(9)10-2/h3-4H,1-2H3. The predicted octanol–water partition coefficient (Wildman–Crippen LogP) is 1.64. The summed E-state index contributed by atoms with van der Waals surface area (Å²) in [5.41, 5.74) is 0. The van der Waals surface area contributed by atoms with Crippen LogP contribution in [0.4, 0.5) is 0 Å². The van der Waals surface area contributed by atoms with Crippen molar-refractivity contribution in [3.8, 4) is 0 Å². The molecule has 1 aromatic rings. The van der Waals surface area contributed by atoms with Gasteiger partial charge < -0.3 is 4.57 Å². The third-order valence-electron chi connectivity index (χ3n) is 1.12. The van der Waals surface area contributed by atoms with Gasteiger partial charge in [0.05, 0.1) is 0 Å². The summed E-state index contributed by atoms with van der Waals surface area (Å²) in [6.07, 6.45) is 3.89. The van der Waals surface area contributed by atoms with Gasteiger partial charge in [-0.2, -0.15) is 0 Å². The first-order valence-corrected chi connectivity index (χ1v) is 5.48. The quantitative estimate of drug-likeness (QED) is 0.598. The Kier molecular flexibility index (Phi) is 3.29. The fraction of sp³-hybridized carbons (Fsp3) is 0.333. The molecular weight excluding hydrogens is 196 g/mol. The van der Waals surface area contributed by atoms with Crippen molar-refractivity contribution < 1.29 is 0 Å². The van der Waals surface area contributed by atoms with Crippen LogP contribution in [0.25, 0.3) is 0 Å². The first-order chi connectivity index (χ1) is 5.24. The molecule has 0 saturated heterocycles. The Labute approximate surface area is 79.0 Å². The average molecular weight is 204 g/mol. The molecule has 60 valence electrons. The highest BCUT2D eigenvalue weighted by molar-refractivity contribution is 8.22. The highest BCUT2D eigenvalue weighted by Crippen LogP contribution is 1.98. The maximum absolute atomic E-state index is 4.95. The van der Waals surface area contributed by atoms with Crippen LogP contribution < -0.4 is 4.80 Å². The van der Waals surface area contributed by atoms with Gasteiger partial charge in [-0.15, -0.1) is 11.3 Å². The van der Waals surface area contributed by atoms with Crippen LogP contribution in [0, 0.1) is 0 Å². The highest BCUT2D eigenvalue weighted by atomic mass is 32.2. The largest absolute Gasteiger partial charge is 0.327 e. The van der Waals surface area contributed by atoms with Gasteiger partial charge in [-0.1, -0.05) is 24.0 Å². The SMILES string of the molecule is CSC(=S)N=c1sccn1C. The van der Waals surface area contributed by atoms with Crippen molar-refractivity contribution in [2.24, 2.45) is 12.0 Å². The molecule has 0 atom stereocenters. The zero-order valence-corrected chi connectivity index (χ0v) is 8.72. The molecule has 11 heavy (non-hydrogen) atoms. The molecule has 0 aliphatic heterocycles. The maximum Gasteiger partial charge on any atom is 0.190 e. The Bertz CT molecular complexity index is 310. The molecule has 0 amide bonds. The van der Waals surface area contributed by atoms with Crippen LogP contribution in [0.5, 0.6) is 0 Å². The van der Waals surface area contributed by atoms with Crippen LogP contribution in [-0.4, -0.2) is 15.1 Å². The van der Waals surface area contributed by atoms with Gasteiger partial charge in [-0.3, -0.25) is 0 Å². The van der Waals surface area contributed by atoms with Crippen molar-refractivity contribution in [2.45, 2.75) is 0 Å². The topological polar surface area (TPSA) is 17.3 Å². The van der Waals surface area contributed by atoms with E-state index in [0.717, 1.165) is 4.80 Å². The van der Waals surface area contributed by atoms with Crippen LogP contribution in [-0.2, 0) is 7.05 Å². The van der Waals surface area contributed by atoms with Gasteiger partial charge in [-0.25, -0.2) is 4.99 Å². The fourth-order valence-electron chi connectivity index (χ4n) is 0.558. The minimum Gasteiger partial charge on any atom is -0.327 e. The normalized spacial score (nSPS) is 12.0. The van der Waals surface area contributed by atoms with Gasteiger partial charge in [0.1, 0.15) is 0 Å². The van der Waals surface area contributed by atoms with Crippen molar-refractivity contribution in [3.63, 3.8) is 0 Å². The van der Waals surface area contributed by atoms with E-state index in [9.17, 15) is 0 Å². The predicted molar refractivity (Wildman–Crippen MR) is 55.0 cm³/mol. The van der Waals surface area contributed by atoms with Crippen molar-refractivity contribution in [1.82, 2.24) is 4.57 Å². The van der Waals surface area contributed by atoms with Crippen LogP contribution in [0.2, 0.25) is 0 Å². The molecule has 0 spiro atoms. The fourth-order valence-corrected chi connectivity index (χ4v) is 1.67. The Morgan fingerprint density at radius 1 is 1.82 bits per heavy atom. The van der Waals surface area contributed by atoms with Crippen LogP contribution in [0.1, 0.15) is 0 Å². The van der Waals surface area contributed by atoms with Gasteiger partial charge in [0.15, 0.2) is 9.12 Å². The Morgan fingerprint density at radius 3 is 3.00 bits per heavy atom. The molecule has 5 heteroatoms. The molecule has 1 heterocycles. The van der Waals surface area contributed by atoms with Gasteiger partial charge in [0.25, 0.3) is 0 Å². The van der Waals surface area contributed by atoms with Gasteiger partial charge >= 0.3 is 0 Å². The van der Waals surface area contributed by atoms with Crippen LogP contribution in [0.3, 0.4) is 0 Å². The highest BCUT2D eigenvalue weighted by Gasteiger charge is 1.90. The van der Waals surface area contributed by atoms with Gasteiger partial charge in [0, 0.05) is 18.6 Å². The minimum atomic E-state index is 0.683. The molecule has 2 nitrogen and oxygen atoms in total. The summed E-state index contributed by atoms with van der Waals surface area (Å²) in [6, 6.07) is 0. The second-order valence-corrected chi connectivity index (χ2v) is 4.19. The second-order valence-electron chi connectivity index (χ2n) is 1.88. The van der Waals surface area contributed by atoms with E-state index in [1.54, 1.807) is 11.3 Å². The smallest absolute Gasteiger partial charge is 0.190 e. The van der Waals surface area contributed by atoms with Crippen molar-refractivity contribution >= 4 is 39.6 Å². The summed E-state index contributed by atoms with van der Waals surface area (Å²) in [7, 11) is 1.96. The molecule has 0 aliphatic rings. The Hall–Kier alpha value is -0.130. The molecule has 0 N–H and O–H groups in total. The summed E-state index contributed by atoms with van der Waals surface area (Å²) in [5, 5.41) is 1.99.